The van der Waals surface area contributed by atoms with Crippen LogP contribution in [-0.2, 0) is 0 Å². The summed E-state index contributed by atoms with van der Waals surface area (Å²) < 4.78 is 0. The second-order valence-corrected chi connectivity index (χ2v) is 13.5. The van der Waals surface area contributed by atoms with Gasteiger partial charge in [0.2, 0.25) is 0 Å². The van der Waals surface area contributed by atoms with E-state index >= 15 is 0 Å². The van der Waals surface area contributed by atoms with Gasteiger partial charge in [-0.1, -0.05) is 26.2 Å². The first-order valence-electron chi connectivity index (χ1n) is 9.56. The molecule has 0 saturated heterocycles. The Kier molecular flexibility index (Phi) is 30.0. The molecular weight excluding hydrogens is 316 g/mol. The van der Waals surface area contributed by atoms with Crippen LogP contribution < -0.4 is 0 Å². The second-order valence-electron chi connectivity index (χ2n) is 7.91. The molecule has 0 bridgehead atoms. The second kappa shape index (κ2) is 22.2. The van der Waals surface area contributed by atoms with E-state index in [9.17, 15) is 0 Å². The molecule has 0 atom stereocenters. The van der Waals surface area contributed by atoms with Gasteiger partial charge in [-0.15, -0.1) is 0 Å². The molecule has 148 valence electrons. The Labute approximate surface area is 145 Å². The number of hydrogen-bond acceptors (Lipinski definition) is 0. The van der Waals surface area contributed by atoms with Gasteiger partial charge >= 0.3 is 104 Å². The van der Waals surface area contributed by atoms with Crippen molar-refractivity contribution in [2.45, 2.75) is 96.8 Å². The van der Waals surface area contributed by atoms with E-state index in [1.165, 1.54) is 96.1 Å². The van der Waals surface area contributed by atoms with Crippen LogP contribution >= 0.6 is 7.26 Å². The summed E-state index contributed by atoms with van der Waals surface area (Å²) in [5.41, 5.74) is 0. The first-order chi connectivity index (χ1) is 9.56. The van der Waals surface area contributed by atoms with Crippen LogP contribution in [-0.4, -0.2) is 26.2 Å². The first-order valence-corrected chi connectivity index (χ1v) is 13.3. The van der Waals surface area contributed by atoms with E-state index < -0.39 is 7.26 Å². The van der Waals surface area contributed by atoms with Crippen molar-refractivity contribution in [3.63, 3.8) is 0 Å². The van der Waals surface area contributed by atoms with Gasteiger partial charge in [0.05, 0.1) is 0 Å². The molecule has 0 aliphatic carbocycles. The molecule has 0 radical (unpaired) electrons. The summed E-state index contributed by atoms with van der Waals surface area (Å²) in [4.78, 5) is 0. The molecule has 4 heteroatoms. The predicted octanol–water partition coefficient (Wildman–Crippen LogP) is 7.56. The molecule has 0 aromatic rings. The molecule has 0 aromatic heterocycles. The van der Waals surface area contributed by atoms with Crippen molar-refractivity contribution in [2.24, 2.45) is 0 Å². The molecule has 0 rings (SSSR count). The molecule has 0 nitrogen and oxygen atoms in total. The van der Waals surface area contributed by atoms with Gasteiger partial charge in [-0.25, -0.2) is 0 Å². The third-order valence-electron chi connectivity index (χ3n) is 4.28. The van der Waals surface area contributed by atoms with E-state index in [1.807, 2.05) is 0 Å². The molecule has 0 spiro atoms. The van der Waals surface area contributed by atoms with E-state index in [1.54, 1.807) is 0 Å². The molecule has 0 unspecified atom stereocenters. The maximum Gasteiger partial charge on any atom is -0.269 e. The molecule has 0 aliphatic rings. The number of unbranched alkanes of at least 4 members (excludes halogenated alkanes) is 13. The minimum Gasteiger partial charge on any atom is -0.269 e. The summed E-state index contributed by atoms with van der Waals surface area (Å²) in [6.07, 6.45) is 22.2. The SMILES string of the molecule is CCCCCCCCCCCCCCCC[PH](C)(C)C.F.F.F. The van der Waals surface area contributed by atoms with E-state index in [0.717, 1.165) is 0 Å². The molecule has 0 aromatic carbocycles. The molecule has 0 amide bonds. The quantitative estimate of drug-likeness (QED) is 0.208. The van der Waals surface area contributed by atoms with Crippen LogP contribution in [0.1, 0.15) is 96.8 Å². The van der Waals surface area contributed by atoms with Crippen molar-refractivity contribution >= 4 is 7.26 Å². The topological polar surface area (TPSA) is 0 Å². The van der Waals surface area contributed by atoms with Crippen LogP contribution in [0.2, 0.25) is 0 Å². The standard InChI is InChI=1S/C19H43P.3FH/c1-5-6-7-8-9-10-11-12-13-14-15-16-17-18-19-20(2,3)4;;;/h20H,5-19H2,1-4H3;3*1H. The van der Waals surface area contributed by atoms with Crippen molar-refractivity contribution in [1.29, 1.82) is 0 Å². The average Bonchev–Trinajstić information content (AvgIpc) is 2.38. The Hall–Kier alpha value is 0.220. The Morgan fingerprint density at radius 1 is 0.435 bits per heavy atom. The smallest absolute Gasteiger partial charge is 0.269 e. The van der Waals surface area contributed by atoms with Gasteiger partial charge in [-0.05, 0) is 0 Å². The van der Waals surface area contributed by atoms with Gasteiger partial charge in [0.1, 0.15) is 0 Å². The number of hydrogen-bond donors (Lipinski definition) is 0. The predicted molar refractivity (Wildman–Crippen MR) is 109 cm³/mol. The Morgan fingerprint density at radius 3 is 0.957 bits per heavy atom. The number of rotatable bonds is 15. The summed E-state index contributed by atoms with van der Waals surface area (Å²) >= 11 is 0. The zero-order valence-electron chi connectivity index (χ0n) is 16.3. The van der Waals surface area contributed by atoms with Crippen LogP contribution in [0.15, 0.2) is 0 Å². The van der Waals surface area contributed by atoms with E-state index in [0.29, 0.717) is 0 Å². The Bertz CT molecular complexity index is 194. The fourth-order valence-corrected chi connectivity index (χ4v) is 4.16. The third-order valence-corrected chi connectivity index (χ3v) is 6.13. The van der Waals surface area contributed by atoms with E-state index in [-0.39, 0.29) is 14.1 Å². The number of halogens is 3. The third kappa shape index (κ3) is 30.6. The molecule has 23 heavy (non-hydrogen) atoms. The fourth-order valence-electron chi connectivity index (χ4n) is 2.85. The summed E-state index contributed by atoms with van der Waals surface area (Å²) in [6.45, 7) is 9.78. The zero-order valence-corrected chi connectivity index (χ0v) is 17.3. The molecule has 0 aliphatic heterocycles. The van der Waals surface area contributed by atoms with Crippen LogP contribution in [0.25, 0.3) is 0 Å². The van der Waals surface area contributed by atoms with Gasteiger partial charge in [-0.3, -0.25) is 14.1 Å². The van der Waals surface area contributed by atoms with Crippen molar-refractivity contribution in [2.75, 3.05) is 26.2 Å². The van der Waals surface area contributed by atoms with Gasteiger partial charge in [0, 0.05) is 0 Å². The van der Waals surface area contributed by atoms with Crippen LogP contribution in [0, 0.1) is 0 Å². The largest absolute Gasteiger partial charge is 0.269 e. The van der Waals surface area contributed by atoms with Crippen molar-refractivity contribution in [1.82, 2.24) is 0 Å². The normalized spacial score (nSPS) is 11.1. The van der Waals surface area contributed by atoms with Gasteiger partial charge < -0.3 is 0 Å². The molecule has 0 heterocycles. The summed E-state index contributed by atoms with van der Waals surface area (Å²) in [5, 5.41) is 0. The van der Waals surface area contributed by atoms with Crippen molar-refractivity contribution in [3.8, 4) is 0 Å². The monoisotopic (exact) mass is 362 g/mol. The molecule has 0 saturated carbocycles. The van der Waals surface area contributed by atoms with Crippen LogP contribution in [0.4, 0.5) is 14.1 Å². The van der Waals surface area contributed by atoms with Crippen molar-refractivity contribution < 1.29 is 14.1 Å². The average molecular weight is 363 g/mol. The zero-order chi connectivity index (χ0) is 15.1. The Balaban J connectivity index is -0.000000602. The van der Waals surface area contributed by atoms with Gasteiger partial charge in [-0.2, -0.15) is 0 Å². The maximum atomic E-state index is 2.50. The van der Waals surface area contributed by atoms with E-state index in [4.69, 9.17) is 0 Å². The molecule has 0 fully saturated rings. The van der Waals surface area contributed by atoms with Gasteiger partial charge in [0.15, 0.2) is 0 Å². The Morgan fingerprint density at radius 2 is 0.696 bits per heavy atom. The first kappa shape index (κ1) is 31.0. The maximum absolute atomic E-state index is 2.50. The molecular formula is C19H46F3P. The summed E-state index contributed by atoms with van der Waals surface area (Å²) in [7, 11) is -0.760. The van der Waals surface area contributed by atoms with Gasteiger partial charge in [0.25, 0.3) is 0 Å². The van der Waals surface area contributed by atoms with Crippen molar-refractivity contribution in [3.05, 3.63) is 0 Å². The summed E-state index contributed by atoms with van der Waals surface area (Å²) in [5.74, 6) is 0. The van der Waals surface area contributed by atoms with Crippen LogP contribution in [0.5, 0.6) is 0 Å². The summed E-state index contributed by atoms with van der Waals surface area (Å²) in [6, 6.07) is 0. The minimum absolute atomic E-state index is 0. The van der Waals surface area contributed by atoms with Crippen LogP contribution in [0.3, 0.4) is 0 Å². The minimum atomic E-state index is -0.760. The van der Waals surface area contributed by atoms with E-state index in [2.05, 4.69) is 26.9 Å². The fraction of sp³-hybridized carbons (Fsp3) is 1.00. The molecule has 0 N–H and O–H groups in total.